The maximum absolute atomic E-state index is 13.1. The van der Waals surface area contributed by atoms with Crippen molar-refractivity contribution in [2.24, 2.45) is 0 Å². The van der Waals surface area contributed by atoms with E-state index in [0.717, 1.165) is 27.6 Å². The number of aromatic nitrogens is 1. The molecule has 0 radical (unpaired) electrons. The molecule has 0 N–H and O–H groups in total. The molecular formula is C26H22N2O. The molecule has 3 nitrogen and oxygen atoms in total. The molecule has 0 aliphatic heterocycles. The van der Waals surface area contributed by atoms with Gasteiger partial charge in [-0.1, -0.05) is 78.9 Å². The minimum atomic E-state index is -0.248. The lowest BCUT2D eigenvalue weighted by atomic mass is 10.0. The highest BCUT2D eigenvalue weighted by atomic mass is 16.2. The molecule has 0 aliphatic rings. The van der Waals surface area contributed by atoms with Crippen molar-refractivity contribution in [3.05, 3.63) is 120 Å². The number of benzene rings is 3. The van der Waals surface area contributed by atoms with Gasteiger partial charge in [-0.3, -0.25) is 9.78 Å². The molecule has 0 saturated carbocycles. The Bertz CT molecular complexity index is 1090. The number of likely N-dealkylation sites (N-methyl/N-ethyl adjacent to an activating group) is 1. The molecule has 4 aromatic rings. The second-order valence-corrected chi connectivity index (χ2v) is 6.92. The van der Waals surface area contributed by atoms with Gasteiger partial charge in [-0.15, -0.1) is 0 Å². The number of rotatable bonds is 5. The fourth-order valence-corrected chi connectivity index (χ4v) is 3.57. The first-order chi connectivity index (χ1) is 14.2. The van der Waals surface area contributed by atoms with E-state index in [0.29, 0.717) is 0 Å². The van der Waals surface area contributed by atoms with E-state index in [-0.39, 0.29) is 11.9 Å². The van der Waals surface area contributed by atoms with E-state index in [1.54, 1.807) is 17.2 Å². The second-order valence-electron chi connectivity index (χ2n) is 6.92. The molecular weight excluding hydrogens is 356 g/mol. The molecule has 3 aromatic carbocycles. The molecule has 1 unspecified atom stereocenters. The maximum Gasteiger partial charge on any atom is 0.247 e. The summed E-state index contributed by atoms with van der Waals surface area (Å²) in [7, 11) is 1.82. The number of amides is 1. The topological polar surface area (TPSA) is 33.2 Å². The molecule has 1 atom stereocenters. The van der Waals surface area contributed by atoms with Crippen LogP contribution in [0.2, 0.25) is 0 Å². The van der Waals surface area contributed by atoms with Gasteiger partial charge in [0.1, 0.15) is 0 Å². The third kappa shape index (κ3) is 4.09. The van der Waals surface area contributed by atoms with Crippen LogP contribution in [0.25, 0.3) is 16.8 Å². The third-order valence-electron chi connectivity index (χ3n) is 5.05. The highest BCUT2D eigenvalue weighted by Gasteiger charge is 2.23. The first-order valence-electron chi connectivity index (χ1n) is 9.62. The second kappa shape index (κ2) is 8.53. The first-order valence-corrected chi connectivity index (χ1v) is 9.62. The minimum absolute atomic E-state index is 0.0718. The van der Waals surface area contributed by atoms with Crippen LogP contribution in [0.4, 0.5) is 0 Å². The fourth-order valence-electron chi connectivity index (χ4n) is 3.57. The van der Waals surface area contributed by atoms with E-state index in [4.69, 9.17) is 0 Å². The van der Waals surface area contributed by atoms with Gasteiger partial charge in [-0.2, -0.15) is 0 Å². The Hall–Kier alpha value is -3.72. The van der Waals surface area contributed by atoms with Crippen molar-refractivity contribution < 1.29 is 4.79 Å². The number of carbonyl (C=O) groups is 1. The van der Waals surface area contributed by atoms with Gasteiger partial charge in [0.2, 0.25) is 5.91 Å². The summed E-state index contributed by atoms with van der Waals surface area (Å²) in [6.07, 6.45) is 5.29. The lowest BCUT2D eigenvalue weighted by molar-refractivity contribution is -0.126. The Balaban J connectivity index is 1.65. The molecule has 142 valence electrons. The van der Waals surface area contributed by atoms with Crippen molar-refractivity contribution in [3.8, 4) is 0 Å². The van der Waals surface area contributed by atoms with Gasteiger partial charge in [0, 0.05) is 19.3 Å². The zero-order valence-corrected chi connectivity index (χ0v) is 16.3. The van der Waals surface area contributed by atoms with Gasteiger partial charge in [0.25, 0.3) is 0 Å². The lowest BCUT2D eigenvalue weighted by Crippen LogP contribution is -2.31. The van der Waals surface area contributed by atoms with Gasteiger partial charge >= 0.3 is 0 Å². The van der Waals surface area contributed by atoms with E-state index in [2.05, 4.69) is 23.2 Å². The largest absolute Gasteiger partial charge is 0.329 e. The maximum atomic E-state index is 13.1. The van der Waals surface area contributed by atoms with Gasteiger partial charge in [-0.05, 0) is 40.1 Å². The molecule has 0 fully saturated rings. The van der Waals surface area contributed by atoms with Gasteiger partial charge in [0.05, 0.1) is 11.7 Å². The molecule has 1 aromatic heterocycles. The van der Waals surface area contributed by atoms with Gasteiger partial charge in [0.15, 0.2) is 0 Å². The molecule has 0 saturated heterocycles. The van der Waals surface area contributed by atoms with Crippen LogP contribution in [0, 0.1) is 0 Å². The first kappa shape index (κ1) is 18.6. The summed E-state index contributed by atoms with van der Waals surface area (Å²) in [5.41, 5.74) is 2.90. The summed E-state index contributed by atoms with van der Waals surface area (Å²) < 4.78 is 0. The summed E-state index contributed by atoms with van der Waals surface area (Å²) in [5.74, 6) is -0.0718. The van der Waals surface area contributed by atoms with E-state index in [9.17, 15) is 4.79 Å². The van der Waals surface area contributed by atoms with Gasteiger partial charge in [-0.25, -0.2) is 0 Å². The summed E-state index contributed by atoms with van der Waals surface area (Å²) in [6, 6.07) is 29.8. The summed E-state index contributed by atoms with van der Waals surface area (Å²) in [6.45, 7) is 0. The number of carbonyl (C=O) groups excluding carboxylic acids is 1. The summed E-state index contributed by atoms with van der Waals surface area (Å²) >= 11 is 0. The SMILES string of the molecule is CN(C(=O)/C=C/c1cccc2ccccc12)C(c1ccccc1)c1ccccn1. The molecule has 1 heterocycles. The standard InChI is InChI=1S/C26H22N2O/c1-28(26(22-11-3-2-4-12-22)24-16-7-8-19-27-24)25(29)18-17-21-14-9-13-20-10-5-6-15-23(20)21/h2-19,26H,1H3/b18-17+. The van der Waals surface area contributed by atoms with E-state index < -0.39 is 0 Å². The number of hydrogen-bond acceptors (Lipinski definition) is 2. The zero-order valence-electron chi connectivity index (χ0n) is 16.3. The Kier molecular flexibility index (Phi) is 5.48. The van der Waals surface area contributed by atoms with Crippen molar-refractivity contribution in [1.82, 2.24) is 9.88 Å². The highest BCUT2D eigenvalue weighted by Crippen LogP contribution is 2.26. The van der Waals surface area contributed by atoms with Crippen molar-refractivity contribution in [3.63, 3.8) is 0 Å². The van der Waals surface area contributed by atoms with E-state index >= 15 is 0 Å². The molecule has 0 bridgehead atoms. The summed E-state index contributed by atoms with van der Waals surface area (Å²) in [5, 5.41) is 2.29. The quantitative estimate of drug-likeness (QED) is 0.430. The molecule has 3 heteroatoms. The van der Waals surface area contributed by atoms with Crippen LogP contribution in [0.3, 0.4) is 0 Å². The normalized spacial score (nSPS) is 12.2. The van der Waals surface area contributed by atoms with Crippen LogP contribution in [0.5, 0.6) is 0 Å². The Morgan fingerprint density at radius 1 is 0.862 bits per heavy atom. The fraction of sp³-hybridized carbons (Fsp3) is 0.0769. The lowest BCUT2D eigenvalue weighted by Gasteiger charge is -2.27. The Labute approximate surface area is 171 Å². The van der Waals surface area contributed by atoms with Crippen LogP contribution in [0.1, 0.15) is 22.9 Å². The zero-order chi connectivity index (χ0) is 20.1. The van der Waals surface area contributed by atoms with Crippen LogP contribution in [0.15, 0.2) is 103 Å². The molecule has 0 aliphatic carbocycles. The van der Waals surface area contributed by atoms with Crippen LogP contribution in [-0.2, 0) is 4.79 Å². The van der Waals surface area contributed by atoms with Crippen LogP contribution >= 0.6 is 0 Å². The average Bonchev–Trinajstić information content (AvgIpc) is 2.79. The predicted octanol–water partition coefficient (Wildman–Crippen LogP) is 5.50. The molecule has 1 amide bonds. The summed E-state index contributed by atoms with van der Waals surface area (Å²) in [4.78, 5) is 19.3. The number of nitrogens with zero attached hydrogens (tertiary/aromatic N) is 2. The predicted molar refractivity (Wildman–Crippen MR) is 118 cm³/mol. The Morgan fingerprint density at radius 2 is 1.59 bits per heavy atom. The van der Waals surface area contributed by atoms with Crippen molar-refractivity contribution in [1.29, 1.82) is 0 Å². The van der Waals surface area contributed by atoms with Crippen molar-refractivity contribution in [2.75, 3.05) is 7.05 Å². The molecule has 4 rings (SSSR count). The van der Waals surface area contributed by atoms with Crippen molar-refractivity contribution >= 4 is 22.8 Å². The smallest absolute Gasteiger partial charge is 0.247 e. The third-order valence-corrected chi connectivity index (χ3v) is 5.05. The minimum Gasteiger partial charge on any atom is -0.329 e. The highest BCUT2D eigenvalue weighted by molar-refractivity contribution is 5.96. The van der Waals surface area contributed by atoms with E-state index in [1.807, 2.05) is 85.9 Å². The number of hydrogen-bond donors (Lipinski definition) is 0. The van der Waals surface area contributed by atoms with Crippen LogP contribution < -0.4 is 0 Å². The van der Waals surface area contributed by atoms with E-state index in [1.165, 1.54) is 0 Å². The van der Waals surface area contributed by atoms with Gasteiger partial charge < -0.3 is 4.90 Å². The number of fused-ring (bicyclic) bond motifs is 1. The van der Waals surface area contributed by atoms with Crippen molar-refractivity contribution in [2.45, 2.75) is 6.04 Å². The molecule has 29 heavy (non-hydrogen) atoms. The Morgan fingerprint density at radius 3 is 2.38 bits per heavy atom. The number of pyridine rings is 1. The van der Waals surface area contributed by atoms with Crippen LogP contribution in [-0.4, -0.2) is 22.8 Å². The average molecular weight is 378 g/mol. The monoisotopic (exact) mass is 378 g/mol. The molecule has 0 spiro atoms.